The van der Waals surface area contributed by atoms with Gasteiger partial charge in [0.05, 0.1) is 0 Å². The van der Waals surface area contributed by atoms with E-state index in [0.29, 0.717) is 23.1 Å². The lowest BCUT2D eigenvalue weighted by Gasteiger charge is -2.20. The molecule has 1 heterocycles. The smallest absolute Gasteiger partial charge is 0.189 e. The average Bonchev–Trinajstić information content (AvgIpc) is 2.63. The minimum Gasteiger partial charge on any atom is -0.467 e. The molecule has 0 radical (unpaired) electrons. The highest BCUT2D eigenvalue weighted by atomic mass is 35.5. The van der Waals surface area contributed by atoms with Gasteiger partial charge in [-0.15, -0.1) is 10.2 Å². The van der Waals surface area contributed by atoms with Crippen LogP contribution >= 0.6 is 11.6 Å². The topological polar surface area (TPSA) is 61.3 Å². The van der Waals surface area contributed by atoms with Crippen LogP contribution in [-0.4, -0.2) is 29.9 Å². The Bertz CT molecular complexity index is 749. The molecule has 1 aliphatic carbocycles. The summed E-state index contributed by atoms with van der Waals surface area (Å²) < 4.78 is 11.0. The molecule has 1 aliphatic rings. The van der Waals surface area contributed by atoms with Crippen LogP contribution in [0.15, 0.2) is 18.2 Å². The van der Waals surface area contributed by atoms with Crippen LogP contribution in [0.4, 0.5) is 0 Å². The first kappa shape index (κ1) is 16.9. The van der Waals surface area contributed by atoms with Crippen molar-refractivity contribution in [3.05, 3.63) is 40.0 Å². The monoisotopic (exact) mass is 346 g/mol. The van der Waals surface area contributed by atoms with Crippen LogP contribution in [0.1, 0.15) is 41.3 Å². The first-order valence-corrected chi connectivity index (χ1v) is 8.46. The Morgan fingerprint density at radius 3 is 2.75 bits per heavy atom. The van der Waals surface area contributed by atoms with Gasteiger partial charge in [0.25, 0.3) is 0 Å². The fourth-order valence-corrected chi connectivity index (χ4v) is 3.19. The molecule has 0 amide bonds. The molecule has 126 valence electrons. The molecule has 1 aromatic heterocycles. The quantitative estimate of drug-likeness (QED) is 0.451. The van der Waals surface area contributed by atoms with Crippen LogP contribution in [0.2, 0.25) is 5.15 Å². The number of carbonyl (C=O) groups is 1. The van der Waals surface area contributed by atoms with Gasteiger partial charge in [-0.2, -0.15) is 0 Å². The van der Waals surface area contributed by atoms with Crippen molar-refractivity contribution in [2.75, 3.05) is 13.4 Å². The molecule has 2 aromatic rings. The summed E-state index contributed by atoms with van der Waals surface area (Å²) in [6.07, 6.45) is 4.83. The van der Waals surface area contributed by atoms with Crippen molar-refractivity contribution in [1.29, 1.82) is 0 Å². The lowest BCUT2D eigenvalue weighted by atomic mass is 9.89. The van der Waals surface area contributed by atoms with Crippen molar-refractivity contribution in [2.24, 2.45) is 0 Å². The summed E-state index contributed by atoms with van der Waals surface area (Å²) in [5.74, 6) is 0.567. The summed E-state index contributed by atoms with van der Waals surface area (Å²) in [5, 5.41) is 8.90. The first-order valence-electron chi connectivity index (χ1n) is 8.08. The predicted octanol–water partition coefficient (Wildman–Crippen LogP) is 3.86. The summed E-state index contributed by atoms with van der Waals surface area (Å²) in [5.41, 5.74) is 4.33. The normalized spacial score (nSPS) is 13.4. The number of fused-ring (bicyclic) bond motifs is 1. The van der Waals surface area contributed by atoms with Gasteiger partial charge in [-0.25, -0.2) is 0 Å². The molecule has 24 heavy (non-hydrogen) atoms. The van der Waals surface area contributed by atoms with E-state index in [0.717, 1.165) is 54.4 Å². The van der Waals surface area contributed by atoms with Gasteiger partial charge >= 0.3 is 0 Å². The van der Waals surface area contributed by atoms with Crippen molar-refractivity contribution < 1.29 is 14.3 Å². The second-order valence-corrected chi connectivity index (χ2v) is 5.99. The van der Waals surface area contributed by atoms with Gasteiger partial charge in [0.1, 0.15) is 17.7 Å². The van der Waals surface area contributed by atoms with E-state index >= 15 is 0 Å². The molecule has 0 saturated carbocycles. The SMILES string of the molecule is CCOCOc1cc(C=O)ccc1-c1nnc(Cl)c2c1CCCC2. The fourth-order valence-electron chi connectivity index (χ4n) is 2.94. The van der Waals surface area contributed by atoms with E-state index in [1.54, 1.807) is 12.1 Å². The van der Waals surface area contributed by atoms with E-state index in [9.17, 15) is 4.79 Å². The number of hydrogen-bond donors (Lipinski definition) is 0. The van der Waals surface area contributed by atoms with Crippen molar-refractivity contribution in [1.82, 2.24) is 10.2 Å². The van der Waals surface area contributed by atoms with Crippen molar-refractivity contribution in [3.63, 3.8) is 0 Å². The molecule has 0 unspecified atom stereocenters. The molecule has 0 bridgehead atoms. The van der Waals surface area contributed by atoms with Crippen molar-refractivity contribution >= 4 is 17.9 Å². The van der Waals surface area contributed by atoms with Crippen molar-refractivity contribution in [3.8, 4) is 17.0 Å². The van der Waals surface area contributed by atoms with Crippen LogP contribution < -0.4 is 4.74 Å². The Morgan fingerprint density at radius 2 is 2.00 bits per heavy atom. The molecule has 0 aliphatic heterocycles. The zero-order valence-electron chi connectivity index (χ0n) is 13.5. The Hall–Kier alpha value is -1.98. The Labute approximate surface area is 146 Å². The van der Waals surface area contributed by atoms with Gasteiger partial charge in [-0.3, -0.25) is 4.79 Å². The average molecular weight is 347 g/mol. The van der Waals surface area contributed by atoms with Crippen LogP contribution in [0, 0.1) is 0 Å². The summed E-state index contributed by atoms with van der Waals surface area (Å²) in [6.45, 7) is 2.57. The van der Waals surface area contributed by atoms with Gasteiger partial charge in [0.2, 0.25) is 0 Å². The van der Waals surface area contributed by atoms with Gasteiger partial charge in [0, 0.05) is 17.7 Å². The lowest BCUT2D eigenvalue weighted by Crippen LogP contribution is -2.10. The maximum absolute atomic E-state index is 11.1. The third kappa shape index (κ3) is 3.42. The minimum atomic E-state index is 0.120. The zero-order valence-corrected chi connectivity index (χ0v) is 14.3. The fraction of sp³-hybridized carbons (Fsp3) is 0.389. The third-order valence-electron chi connectivity index (χ3n) is 4.14. The number of halogens is 1. The molecule has 0 N–H and O–H groups in total. The second-order valence-electron chi connectivity index (χ2n) is 5.63. The van der Waals surface area contributed by atoms with Crippen LogP contribution in [0.25, 0.3) is 11.3 Å². The second kappa shape index (κ2) is 7.73. The molecular formula is C18H19ClN2O3. The molecule has 0 fully saturated rings. The van der Waals surface area contributed by atoms with Crippen LogP contribution in [0.5, 0.6) is 5.75 Å². The number of rotatable bonds is 6. The Morgan fingerprint density at radius 1 is 1.21 bits per heavy atom. The highest BCUT2D eigenvalue weighted by Gasteiger charge is 2.22. The number of nitrogens with zero attached hydrogens (tertiary/aromatic N) is 2. The van der Waals surface area contributed by atoms with Crippen LogP contribution in [-0.2, 0) is 17.6 Å². The summed E-state index contributed by atoms with van der Waals surface area (Å²) in [4.78, 5) is 11.1. The molecular weight excluding hydrogens is 328 g/mol. The molecule has 0 saturated heterocycles. The maximum atomic E-state index is 11.1. The number of carbonyl (C=O) groups excluding carboxylic acids is 1. The molecule has 5 nitrogen and oxygen atoms in total. The molecule has 0 atom stereocenters. The van der Waals surface area contributed by atoms with E-state index < -0.39 is 0 Å². The van der Waals surface area contributed by atoms with Gasteiger partial charge in [-0.1, -0.05) is 17.7 Å². The van der Waals surface area contributed by atoms with Gasteiger partial charge in [-0.05, 0) is 55.9 Å². The number of aldehydes is 1. The number of ether oxygens (including phenoxy) is 2. The largest absolute Gasteiger partial charge is 0.467 e. The number of aromatic nitrogens is 2. The van der Waals surface area contributed by atoms with E-state index in [1.165, 1.54) is 0 Å². The van der Waals surface area contributed by atoms with E-state index in [2.05, 4.69) is 10.2 Å². The standard InChI is InChI=1S/C18H19ClN2O3/c1-2-23-11-24-16-9-12(10-22)7-8-15(16)17-13-5-3-4-6-14(13)18(19)21-20-17/h7-10H,2-6,11H2,1H3. The number of benzene rings is 1. The third-order valence-corrected chi connectivity index (χ3v) is 4.44. The van der Waals surface area contributed by atoms with Gasteiger partial charge < -0.3 is 9.47 Å². The molecule has 6 heteroatoms. The maximum Gasteiger partial charge on any atom is 0.189 e. The zero-order chi connectivity index (χ0) is 16.9. The summed E-state index contributed by atoms with van der Waals surface area (Å²) in [7, 11) is 0. The summed E-state index contributed by atoms with van der Waals surface area (Å²) in [6, 6.07) is 5.30. The highest BCUT2D eigenvalue weighted by Crippen LogP contribution is 2.37. The minimum absolute atomic E-state index is 0.120. The lowest BCUT2D eigenvalue weighted by molar-refractivity contribution is 0.0227. The Balaban J connectivity index is 2.07. The molecule has 1 aromatic carbocycles. The number of hydrogen-bond acceptors (Lipinski definition) is 5. The van der Waals surface area contributed by atoms with Crippen LogP contribution in [0.3, 0.4) is 0 Å². The van der Waals surface area contributed by atoms with E-state index in [1.807, 2.05) is 13.0 Å². The first-order chi connectivity index (χ1) is 11.7. The molecule has 0 spiro atoms. The van der Waals surface area contributed by atoms with E-state index in [-0.39, 0.29) is 6.79 Å². The van der Waals surface area contributed by atoms with E-state index in [4.69, 9.17) is 21.1 Å². The summed E-state index contributed by atoms with van der Waals surface area (Å²) >= 11 is 6.22. The molecule has 3 rings (SSSR count). The van der Waals surface area contributed by atoms with Gasteiger partial charge in [0.15, 0.2) is 11.9 Å². The predicted molar refractivity (Wildman–Crippen MR) is 91.6 cm³/mol. The highest BCUT2D eigenvalue weighted by molar-refractivity contribution is 6.30. The van der Waals surface area contributed by atoms with Crippen molar-refractivity contribution in [2.45, 2.75) is 32.6 Å². The Kier molecular flexibility index (Phi) is 5.43.